The van der Waals surface area contributed by atoms with Crippen LogP contribution in [0.3, 0.4) is 0 Å². The van der Waals surface area contributed by atoms with Gasteiger partial charge in [-0.2, -0.15) is 0 Å². The molecule has 1 aliphatic rings. The normalized spacial score (nSPS) is 13.8. The molecule has 1 heterocycles. The summed E-state index contributed by atoms with van der Waals surface area (Å²) in [6.45, 7) is 6.57. The van der Waals surface area contributed by atoms with Crippen LogP contribution in [0, 0.1) is 0 Å². The number of nitrogens with zero attached hydrogens (tertiary/aromatic N) is 1. The largest absolute Gasteiger partial charge is 0.423 e. The Morgan fingerprint density at radius 1 is 0.889 bits per heavy atom. The zero-order chi connectivity index (χ0) is 25.9. The van der Waals surface area contributed by atoms with E-state index in [2.05, 4.69) is 26.1 Å². The van der Waals surface area contributed by atoms with Gasteiger partial charge in [-0.3, -0.25) is 14.5 Å². The Labute approximate surface area is 215 Å². The first kappa shape index (κ1) is 25.2. The number of esters is 1. The highest BCUT2D eigenvalue weighted by Crippen LogP contribution is 2.27. The van der Waals surface area contributed by atoms with Gasteiger partial charge in [0.2, 0.25) is 0 Å². The topological polar surface area (TPSA) is 75.7 Å². The summed E-state index contributed by atoms with van der Waals surface area (Å²) < 4.78 is 5.47. The lowest BCUT2D eigenvalue weighted by atomic mass is 9.87. The molecule has 0 aromatic heterocycles. The highest BCUT2D eigenvalue weighted by molar-refractivity contribution is 6.48. The van der Waals surface area contributed by atoms with Crippen molar-refractivity contribution in [3.05, 3.63) is 106 Å². The average molecular weight is 503 g/mol. The van der Waals surface area contributed by atoms with Crippen molar-refractivity contribution in [2.45, 2.75) is 32.6 Å². The summed E-state index contributed by atoms with van der Waals surface area (Å²) in [4.78, 5) is 39.1. The summed E-state index contributed by atoms with van der Waals surface area (Å²) in [5.74, 6) is -1.06. The molecule has 3 aromatic rings. The zero-order valence-electron chi connectivity index (χ0n) is 20.4. The minimum absolute atomic E-state index is 0.00788. The van der Waals surface area contributed by atoms with Crippen LogP contribution in [0.2, 0.25) is 0 Å². The standard InChI is InChI=1S/C29H27ClN2O4/c1-29(2,3)21-11-15-23(16-12-21)36-28(35)20-9-13-22(14-10-20)31-25-24(30)26(33)32(27(25)34)18-17-19-7-5-4-6-8-19/h4-16,31H,17-18H2,1-3H3. The van der Waals surface area contributed by atoms with Crippen LogP contribution in [0.5, 0.6) is 5.75 Å². The monoisotopic (exact) mass is 502 g/mol. The fraction of sp³-hybridized carbons (Fsp3) is 0.207. The highest BCUT2D eigenvalue weighted by atomic mass is 35.5. The number of anilines is 1. The Bertz CT molecular complexity index is 1310. The Morgan fingerprint density at radius 2 is 1.53 bits per heavy atom. The lowest BCUT2D eigenvalue weighted by Crippen LogP contribution is -2.34. The van der Waals surface area contributed by atoms with Crippen molar-refractivity contribution < 1.29 is 19.1 Å². The van der Waals surface area contributed by atoms with Crippen molar-refractivity contribution in [1.29, 1.82) is 0 Å². The molecule has 0 saturated heterocycles. The van der Waals surface area contributed by atoms with Crippen molar-refractivity contribution in [3.8, 4) is 5.75 Å². The third kappa shape index (κ3) is 5.66. The molecule has 0 fully saturated rings. The summed E-state index contributed by atoms with van der Waals surface area (Å²) >= 11 is 6.19. The lowest BCUT2D eigenvalue weighted by Gasteiger charge is -2.19. The van der Waals surface area contributed by atoms with E-state index >= 15 is 0 Å². The second kappa shape index (κ2) is 10.4. The molecule has 0 spiro atoms. The van der Waals surface area contributed by atoms with Crippen LogP contribution < -0.4 is 10.1 Å². The number of carbonyl (C=O) groups is 3. The molecule has 0 saturated carbocycles. The fourth-order valence-corrected chi connectivity index (χ4v) is 4.00. The first-order valence-corrected chi connectivity index (χ1v) is 12.0. The number of benzene rings is 3. The molecule has 1 N–H and O–H groups in total. The first-order chi connectivity index (χ1) is 17.1. The Kier molecular flexibility index (Phi) is 7.27. The highest BCUT2D eigenvalue weighted by Gasteiger charge is 2.37. The SMILES string of the molecule is CC(C)(C)c1ccc(OC(=O)c2ccc(NC3=C(Cl)C(=O)N(CCc4ccccc4)C3=O)cc2)cc1. The Hall–Kier alpha value is -3.90. The maximum atomic E-state index is 12.8. The van der Waals surface area contributed by atoms with Gasteiger partial charge in [-0.25, -0.2) is 4.79 Å². The van der Waals surface area contributed by atoms with Gasteiger partial charge in [-0.05, 0) is 59.4 Å². The lowest BCUT2D eigenvalue weighted by molar-refractivity contribution is -0.137. The third-order valence-electron chi connectivity index (χ3n) is 5.90. The number of ether oxygens (including phenoxy) is 1. The van der Waals surface area contributed by atoms with E-state index in [4.69, 9.17) is 16.3 Å². The van der Waals surface area contributed by atoms with Crippen molar-refractivity contribution in [2.24, 2.45) is 0 Å². The molecule has 36 heavy (non-hydrogen) atoms. The molecule has 1 aliphatic heterocycles. The van der Waals surface area contributed by atoms with Gasteiger partial charge in [0.05, 0.1) is 5.56 Å². The number of amides is 2. The molecule has 184 valence electrons. The maximum absolute atomic E-state index is 12.8. The number of carbonyl (C=O) groups excluding carboxylic acids is 3. The Balaban J connectivity index is 1.38. The first-order valence-electron chi connectivity index (χ1n) is 11.6. The van der Waals surface area contributed by atoms with E-state index in [-0.39, 0.29) is 22.7 Å². The van der Waals surface area contributed by atoms with E-state index in [1.54, 1.807) is 36.4 Å². The van der Waals surface area contributed by atoms with Gasteiger partial charge in [0.25, 0.3) is 11.8 Å². The van der Waals surface area contributed by atoms with Gasteiger partial charge in [0.1, 0.15) is 16.5 Å². The molecule has 0 unspecified atom stereocenters. The number of imide groups is 1. The molecule has 0 radical (unpaired) electrons. The second-order valence-electron chi connectivity index (χ2n) is 9.55. The number of hydrogen-bond donors (Lipinski definition) is 1. The summed E-state index contributed by atoms with van der Waals surface area (Å²) in [5, 5.41) is 2.76. The smallest absolute Gasteiger partial charge is 0.343 e. The summed E-state index contributed by atoms with van der Waals surface area (Å²) in [6.07, 6.45) is 0.533. The minimum Gasteiger partial charge on any atom is -0.423 e. The van der Waals surface area contributed by atoms with E-state index in [9.17, 15) is 14.4 Å². The van der Waals surface area contributed by atoms with E-state index < -0.39 is 17.8 Å². The molecule has 6 nitrogen and oxygen atoms in total. The van der Waals surface area contributed by atoms with Crippen molar-refractivity contribution in [1.82, 2.24) is 4.90 Å². The minimum atomic E-state index is -0.530. The average Bonchev–Trinajstić information content (AvgIpc) is 3.06. The number of rotatable bonds is 7. The quantitative estimate of drug-likeness (QED) is 0.255. The molecule has 0 bridgehead atoms. The predicted molar refractivity (Wildman–Crippen MR) is 140 cm³/mol. The van der Waals surface area contributed by atoms with Crippen LogP contribution >= 0.6 is 11.6 Å². The van der Waals surface area contributed by atoms with Gasteiger partial charge in [0.15, 0.2) is 0 Å². The van der Waals surface area contributed by atoms with Gasteiger partial charge in [-0.1, -0.05) is 74.8 Å². The van der Waals surface area contributed by atoms with E-state index in [0.717, 1.165) is 16.0 Å². The second-order valence-corrected chi connectivity index (χ2v) is 9.93. The summed E-state index contributed by atoms with van der Waals surface area (Å²) in [6, 6.07) is 23.4. The van der Waals surface area contributed by atoms with Crippen molar-refractivity contribution in [3.63, 3.8) is 0 Å². The molecule has 0 atom stereocenters. The number of halogens is 1. The molecular weight excluding hydrogens is 476 g/mol. The molecule has 2 amide bonds. The van der Waals surface area contributed by atoms with Crippen molar-refractivity contribution in [2.75, 3.05) is 11.9 Å². The molecule has 3 aromatic carbocycles. The predicted octanol–water partition coefficient (Wildman–Crippen LogP) is 5.68. The van der Waals surface area contributed by atoms with Crippen molar-refractivity contribution >= 4 is 35.1 Å². The van der Waals surface area contributed by atoms with Gasteiger partial charge < -0.3 is 10.1 Å². The summed E-state index contributed by atoms with van der Waals surface area (Å²) in [7, 11) is 0. The molecule has 7 heteroatoms. The molecule has 0 aliphatic carbocycles. The van der Waals surface area contributed by atoms with Crippen LogP contribution in [0.15, 0.2) is 89.6 Å². The van der Waals surface area contributed by atoms with Crippen LogP contribution in [0.25, 0.3) is 0 Å². The van der Waals surface area contributed by atoms with E-state index in [0.29, 0.717) is 23.4 Å². The van der Waals surface area contributed by atoms with Gasteiger partial charge >= 0.3 is 5.97 Å². The zero-order valence-corrected chi connectivity index (χ0v) is 21.1. The van der Waals surface area contributed by atoms with E-state index in [1.165, 1.54) is 0 Å². The van der Waals surface area contributed by atoms with Gasteiger partial charge in [0, 0.05) is 12.2 Å². The van der Waals surface area contributed by atoms with Crippen LogP contribution in [-0.2, 0) is 21.4 Å². The number of nitrogens with one attached hydrogen (secondary N) is 1. The fourth-order valence-electron chi connectivity index (χ4n) is 3.77. The molecule has 4 rings (SSSR count). The Morgan fingerprint density at radius 3 is 2.14 bits per heavy atom. The number of hydrogen-bond acceptors (Lipinski definition) is 5. The third-order valence-corrected chi connectivity index (χ3v) is 6.25. The van der Waals surface area contributed by atoms with Crippen LogP contribution in [0.4, 0.5) is 5.69 Å². The van der Waals surface area contributed by atoms with Crippen LogP contribution in [-0.4, -0.2) is 29.2 Å². The maximum Gasteiger partial charge on any atom is 0.343 e. The van der Waals surface area contributed by atoms with Gasteiger partial charge in [-0.15, -0.1) is 0 Å². The van der Waals surface area contributed by atoms with Crippen LogP contribution in [0.1, 0.15) is 42.3 Å². The summed E-state index contributed by atoms with van der Waals surface area (Å²) in [5.41, 5.74) is 3.05. The molecular formula is C29H27ClN2O4. The van der Waals surface area contributed by atoms with E-state index in [1.807, 2.05) is 42.5 Å².